The summed E-state index contributed by atoms with van der Waals surface area (Å²) < 4.78 is 4.75. The Hall–Kier alpha value is -0.990. The van der Waals surface area contributed by atoms with Crippen LogP contribution in [0.4, 0.5) is 0 Å². The fraction of sp³-hybridized carbons (Fsp3) is 0.625. The number of amides is 1. The van der Waals surface area contributed by atoms with Crippen LogP contribution in [0.2, 0.25) is 0 Å². The number of hydrogen-bond acceptors (Lipinski definition) is 2. The molecule has 11 heavy (non-hydrogen) atoms. The first kappa shape index (κ1) is 10.0. The zero-order chi connectivity index (χ0) is 8.85. The zero-order valence-corrected chi connectivity index (χ0v) is 7.26. The maximum atomic E-state index is 10.6. The van der Waals surface area contributed by atoms with E-state index in [4.69, 9.17) is 10.5 Å². The Kier molecular flexibility index (Phi) is 4.34. The molecule has 1 amide bonds. The van der Waals surface area contributed by atoms with Crippen LogP contribution in [0.5, 0.6) is 0 Å². The SMILES string of the molecule is COC(=CCC(C)C)C(N)=O. The van der Waals surface area contributed by atoms with Crippen molar-refractivity contribution < 1.29 is 9.53 Å². The molecule has 0 atom stereocenters. The van der Waals surface area contributed by atoms with E-state index in [0.29, 0.717) is 5.92 Å². The summed E-state index contributed by atoms with van der Waals surface area (Å²) in [6.45, 7) is 4.12. The van der Waals surface area contributed by atoms with Crippen molar-refractivity contribution >= 4 is 5.91 Å². The lowest BCUT2D eigenvalue weighted by Gasteiger charge is -2.02. The quantitative estimate of drug-likeness (QED) is 0.490. The number of hydrogen-bond donors (Lipinski definition) is 1. The van der Waals surface area contributed by atoms with Crippen LogP contribution in [-0.4, -0.2) is 13.0 Å². The van der Waals surface area contributed by atoms with Gasteiger partial charge < -0.3 is 10.5 Å². The van der Waals surface area contributed by atoms with E-state index < -0.39 is 5.91 Å². The fourth-order valence-electron chi connectivity index (χ4n) is 0.627. The molecule has 0 aromatic heterocycles. The van der Waals surface area contributed by atoms with Crippen molar-refractivity contribution in [2.45, 2.75) is 20.3 Å². The smallest absolute Gasteiger partial charge is 0.283 e. The Morgan fingerprint density at radius 3 is 2.45 bits per heavy atom. The molecule has 0 aromatic carbocycles. The summed E-state index contributed by atoms with van der Waals surface area (Å²) in [5.41, 5.74) is 5.00. The van der Waals surface area contributed by atoms with Crippen LogP contribution >= 0.6 is 0 Å². The number of carbonyl (C=O) groups excluding carboxylic acids is 1. The third kappa shape index (κ3) is 4.42. The van der Waals surface area contributed by atoms with Gasteiger partial charge in [-0.05, 0) is 18.4 Å². The Morgan fingerprint density at radius 1 is 1.64 bits per heavy atom. The van der Waals surface area contributed by atoms with Gasteiger partial charge in [-0.3, -0.25) is 4.79 Å². The van der Waals surface area contributed by atoms with E-state index in [-0.39, 0.29) is 5.76 Å². The van der Waals surface area contributed by atoms with Crippen molar-refractivity contribution in [2.75, 3.05) is 7.11 Å². The molecule has 0 rings (SSSR count). The third-order valence-corrected chi connectivity index (χ3v) is 1.24. The minimum absolute atomic E-state index is 0.249. The monoisotopic (exact) mass is 157 g/mol. The van der Waals surface area contributed by atoms with Gasteiger partial charge in [-0.2, -0.15) is 0 Å². The van der Waals surface area contributed by atoms with Crippen LogP contribution in [0.3, 0.4) is 0 Å². The van der Waals surface area contributed by atoms with E-state index in [1.165, 1.54) is 7.11 Å². The summed E-state index contributed by atoms with van der Waals surface area (Å²) in [5, 5.41) is 0. The number of ether oxygens (including phenoxy) is 1. The van der Waals surface area contributed by atoms with Crippen molar-refractivity contribution in [1.29, 1.82) is 0 Å². The Morgan fingerprint density at radius 2 is 2.18 bits per heavy atom. The van der Waals surface area contributed by atoms with Crippen molar-refractivity contribution in [1.82, 2.24) is 0 Å². The lowest BCUT2D eigenvalue weighted by molar-refractivity contribution is -0.117. The minimum Gasteiger partial charge on any atom is -0.491 e. The molecule has 0 radical (unpaired) electrons. The maximum absolute atomic E-state index is 10.6. The van der Waals surface area contributed by atoms with Gasteiger partial charge in [-0.1, -0.05) is 13.8 Å². The first-order chi connectivity index (χ1) is 5.07. The average molecular weight is 157 g/mol. The van der Waals surface area contributed by atoms with E-state index in [1.807, 2.05) is 0 Å². The Bertz CT molecular complexity index is 161. The maximum Gasteiger partial charge on any atom is 0.283 e. The second-order valence-corrected chi connectivity index (χ2v) is 2.77. The van der Waals surface area contributed by atoms with Crippen molar-refractivity contribution in [2.24, 2.45) is 11.7 Å². The molecule has 0 aliphatic carbocycles. The number of rotatable bonds is 4. The van der Waals surface area contributed by atoms with Crippen molar-refractivity contribution in [3.8, 4) is 0 Å². The number of carbonyl (C=O) groups is 1. The predicted molar refractivity (Wildman–Crippen MR) is 43.7 cm³/mol. The largest absolute Gasteiger partial charge is 0.491 e. The van der Waals surface area contributed by atoms with Crippen LogP contribution in [-0.2, 0) is 9.53 Å². The number of nitrogens with two attached hydrogens (primary N) is 1. The summed E-state index contributed by atoms with van der Waals surface area (Å²) in [6.07, 6.45) is 2.53. The zero-order valence-electron chi connectivity index (χ0n) is 7.26. The van der Waals surface area contributed by atoms with Crippen LogP contribution < -0.4 is 5.73 Å². The summed E-state index contributed by atoms with van der Waals surface area (Å²) >= 11 is 0. The van der Waals surface area contributed by atoms with E-state index in [0.717, 1.165) is 6.42 Å². The third-order valence-electron chi connectivity index (χ3n) is 1.24. The van der Waals surface area contributed by atoms with Crippen LogP contribution in [0.15, 0.2) is 11.8 Å². The molecule has 2 N–H and O–H groups in total. The first-order valence-corrected chi connectivity index (χ1v) is 3.62. The van der Waals surface area contributed by atoms with Gasteiger partial charge in [0.05, 0.1) is 7.11 Å². The summed E-state index contributed by atoms with van der Waals surface area (Å²) in [5.74, 6) is 0.256. The van der Waals surface area contributed by atoms with Crippen molar-refractivity contribution in [3.05, 3.63) is 11.8 Å². The minimum atomic E-state index is -0.506. The number of primary amides is 1. The molecular formula is C8H15NO2. The highest BCUT2D eigenvalue weighted by molar-refractivity contribution is 5.89. The standard InChI is InChI=1S/C8H15NO2/c1-6(2)4-5-7(11-3)8(9)10/h5-6H,4H2,1-3H3,(H2,9,10). The lowest BCUT2D eigenvalue weighted by Crippen LogP contribution is -2.15. The van der Waals surface area contributed by atoms with Gasteiger partial charge in [-0.15, -0.1) is 0 Å². The van der Waals surface area contributed by atoms with Crippen LogP contribution in [0.25, 0.3) is 0 Å². The predicted octanol–water partition coefficient (Wildman–Crippen LogP) is 1.05. The highest BCUT2D eigenvalue weighted by atomic mass is 16.5. The van der Waals surface area contributed by atoms with Gasteiger partial charge in [-0.25, -0.2) is 0 Å². The van der Waals surface area contributed by atoms with Gasteiger partial charge in [0.1, 0.15) is 0 Å². The molecular weight excluding hydrogens is 142 g/mol. The second kappa shape index (κ2) is 4.77. The highest BCUT2D eigenvalue weighted by Crippen LogP contribution is 2.04. The van der Waals surface area contributed by atoms with Gasteiger partial charge in [0.15, 0.2) is 5.76 Å². The molecule has 0 aromatic rings. The molecule has 0 bridgehead atoms. The summed E-state index contributed by atoms with van der Waals surface area (Å²) in [6, 6.07) is 0. The first-order valence-electron chi connectivity index (χ1n) is 3.62. The Labute approximate surface area is 67.2 Å². The fourth-order valence-corrected chi connectivity index (χ4v) is 0.627. The highest BCUT2D eigenvalue weighted by Gasteiger charge is 2.02. The number of methoxy groups -OCH3 is 1. The molecule has 3 nitrogen and oxygen atoms in total. The van der Waals surface area contributed by atoms with Crippen LogP contribution in [0.1, 0.15) is 20.3 Å². The van der Waals surface area contributed by atoms with E-state index >= 15 is 0 Å². The molecule has 0 heterocycles. The summed E-state index contributed by atoms with van der Waals surface area (Å²) in [4.78, 5) is 10.6. The molecule has 0 aliphatic rings. The summed E-state index contributed by atoms with van der Waals surface area (Å²) in [7, 11) is 1.44. The Balaban J connectivity index is 4.02. The van der Waals surface area contributed by atoms with E-state index in [9.17, 15) is 4.79 Å². The van der Waals surface area contributed by atoms with Gasteiger partial charge >= 0.3 is 0 Å². The second-order valence-electron chi connectivity index (χ2n) is 2.77. The topological polar surface area (TPSA) is 52.3 Å². The molecule has 64 valence electrons. The van der Waals surface area contributed by atoms with Gasteiger partial charge in [0, 0.05) is 0 Å². The van der Waals surface area contributed by atoms with Gasteiger partial charge in [0.25, 0.3) is 5.91 Å². The lowest BCUT2D eigenvalue weighted by atomic mass is 10.1. The van der Waals surface area contributed by atoms with Crippen molar-refractivity contribution in [3.63, 3.8) is 0 Å². The normalized spacial score (nSPS) is 11.8. The van der Waals surface area contributed by atoms with E-state index in [2.05, 4.69) is 13.8 Å². The molecule has 0 spiro atoms. The molecule has 0 fully saturated rings. The molecule has 0 aliphatic heterocycles. The molecule has 0 saturated carbocycles. The van der Waals surface area contributed by atoms with E-state index in [1.54, 1.807) is 6.08 Å². The van der Waals surface area contributed by atoms with Gasteiger partial charge in [0.2, 0.25) is 0 Å². The molecule has 0 unspecified atom stereocenters. The molecule has 0 saturated heterocycles. The molecule has 3 heteroatoms. The number of allylic oxidation sites excluding steroid dienone is 1. The average Bonchev–Trinajstić information content (AvgIpc) is 1.87. The van der Waals surface area contributed by atoms with Crippen LogP contribution in [0, 0.1) is 5.92 Å².